The maximum absolute atomic E-state index is 12.1. The van der Waals surface area contributed by atoms with Crippen LogP contribution >= 0.6 is 23.4 Å². The molecule has 2 rings (SSSR count). The van der Waals surface area contributed by atoms with Crippen molar-refractivity contribution in [1.29, 1.82) is 0 Å². The summed E-state index contributed by atoms with van der Waals surface area (Å²) in [4.78, 5) is 23.7. The van der Waals surface area contributed by atoms with E-state index in [4.69, 9.17) is 17.3 Å². The minimum absolute atomic E-state index is 0.0771. The number of urea groups is 1. The number of primary amides is 1. The number of hydrogen-bond acceptors (Lipinski definition) is 3. The number of nitrogens with two attached hydrogens (primary N) is 1. The third-order valence-electron chi connectivity index (χ3n) is 3.25. The molecule has 0 saturated heterocycles. The molecule has 0 saturated carbocycles. The largest absolute Gasteiger partial charge is 0.351 e. The fourth-order valence-electron chi connectivity index (χ4n) is 2.07. The van der Waals surface area contributed by atoms with Crippen molar-refractivity contribution in [3.05, 3.63) is 59.1 Å². The van der Waals surface area contributed by atoms with Gasteiger partial charge in [-0.25, -0.2) is 4.79 Å². The smallest absolute Gasteiger partial charge is 0.316 e. The summed E-state index contributed by atoms with van der Waals surface area (Å²) < 4.78 is 0. The first-order valence-corrected chi connectivity index (χ1v) is 8.65. The molecule has 7 heteroatoms. The third-order valence-corrected chi connectivity index (χ3v) is 4.77. The van der Waals surface area contributed by atoms with Crippen molar-refractivity contribution >= 4 is 41.0 Å². The number of carbonyl (C=O) groups is 2. The Morgan fingerprint density at radius 1 is 1.17 bits per heavy atom. The summed E-state index contributed by atoms with van der Waals surface area (Å²) in [7, 11) is 0. The van der Waals surface area contributed by atoms with Gasteiger partial charge in [-0.15, -0.1) is 11.8 Å². The maximum atomic E-state index is 12.1. The summed E-state index contributed by atoms with van der Waals surface area (Å²) in [5, 5.41) is 6.06. The molecule has 0 radical (unpaired) electrons. The van der Waals surface area contributed by atoms with Crippen molar-refractivity contribution in [3.63, 3.8) is 0 Å². The van der Waals surface area contributed by atoms with Gasteiger partial charge in [-0.2, -0.15) is 0 Å². The first kappa shape index (κ1) is 18.2. The number of anilines is 1. The predicted molar refractivity (Wildman–Crippen MR) is 98.4 cm³/mol. The van der Waals surface area contributed by atoms with Gasteiger partial charge in [-0.1, -0.05) is 35.9 Å². The molecule has 0 aliphatic heterocycles. The van der Waals surface area contributed by atoms with Gasteiger partial charge in [0.05, 0.1) is 16.8 Å². The van der Waals surface area contributed by atoms with E-state index >= 15 is 0 Å². The highest BCUT2D eigenvalue weighted by Gasteiger charge is 2.11. The number of hydrogen-bond donors (Lipinski definition) is 3. The van der Waals surface area contributed by atoms with Crippen LogP contribution in [-0.2, 0) is 4.79 Å². The topological polar surface area (TPSA) is 84.2 Å². The van der Waals surface area contributed by atoms with Gasteiger partial charge >= 0.3 is 6.03 Å². The molecule has 5 nitrogen and oxygen atoms in total. The lowest BCUT2D eigenvalue weighted by molar-refractivity contribution is -0.119. The van der Waals surface area contributed by atoms with Gasteiger partial charge in [-0.05, 0) is 36.8 Å². The number of benzene rings is 2. The van der Waals surface area contributed by atoms with Gasteiger partial charge in [0.2, 0.25) is 5.91 Å². The Hall–Kier alpha value is -2.18. The van der Waals surface area contributed by atoms with Crippen molar-refractivity contribution in [3.8, 4) is 0 Å². The molecule has 126 valence electrons. The Labute approximate surface area is 150 Å². The van der Waals surface area contributed by atoms with E-state index in [1.165, 1.54) is 11.8 Å². The molecular formula is C17H18ClN3O2S. The monoisotopic (exact) mass is 363 g/mol. The van der Waals surface area contributed by atoms with Crippen LogP contribution in [0.2, 0.25) is 5.02 Å². The van der Waals surface area contributed by atoms with Crippen molar-refractivity contribution in [2.45, 2.75) is 17.9 Å². The SMILES string of the molecule is C[C@@H](NC(=O)CSc1ccccc1Cl)c1ccc(NC(N)=O)cc1. The third kappa shape index (κ3) is 5.47. The first-order chi connectivity index (χ1) is 11.5. The Bertz CT molecular complexity index is 722. The van der Waals surface area contributed by atoms with Crippen LogP contribution < -0.4 is 16.4 Å². The van der Waals surface area contributed by atoms with Crippen LogP contribution in [0.1, 0.15) is 18.5 Å². The van der Waals surface area contributed by atoms with E-state index in [0.29, 0.717) is 10.7 Å². The fraction of sp³-hybridized carbons (Fsp3) is 0.176. The minimum atomic E-state index is -0.610. The molecule has 0 spiro atoms. The van der Waals surface area contributed by atoms with Crippen molar-refractivity contribution in [2.75, 3.05) is 11.1 Å². The molecule has 2 aromatic rings. The summed E-state index contributed by atoms with van der Waals surface area (Å²) in [6.45, 7) is 1.90. The van der Waals surface area contributed by atoms with E-state index in [-0.39, 0.29) is 17.7 Å². The molecule has 2 aromatic carbocycles. The summed E-state index contributed by atoms with van der Waals surface area (Å²) in [6.07, 6.45) is 0. The number of halogens is 1. The molecular weight excluding hydrogens is 346 g/mol. The minimum Gasteiger partial charge on any atom is -0.351 e. The second kappa shape index (κ2) is 8.61. The van der Waals surface area contributed by atoms with Crippen LogP contribution in [0.15, 0.2) is 53.4 Å². The van der Waals surface area contributed by atoms with Gasteiger partial charge in [0.1, 0.15) is 0 Å². The van der Waals surface area contributed by atoms with E-state index in [0.717, 1.165) is 10.5 Å². The summed E-state index contributed by atoms with van der Waals surface area (Å²) in [5.41, 5.74) is 6.60. The highest BCUT2D eigenvalue weighted by Crippen LogP contribution is 2.26. The highest BCUT2D eigenvalue weighted by atomic mass is 35.5. The number of carbonyl (C=O) groups excluding carboxylic acids is 2. The van der Waals surface area contributed by atoms with Crippen LogP contribution in [0.5, 0.6) is 0 Å². The lowest BCUT2D eigenvalue weighted by Gasteiger charge is -2.15. The van der Waals surface area contributed by atoms with Gasteiger partial charge in [0.25, 0.3) is 0 Å². The van der Waals surface area contributed by atoms with Crippen molar-refractivity contribution < 1.29 is 9.59 Å². The molecule has 0 bridgehead atoms. The number of rotatable bonds is 6. The second-order valence-corrected chi connectivity index (χ2v) is 6.54. The van der Waals surface area contributed by atoms with Crippen LogP contribution in [0.25, 0.3) is 0 Å². The second-order valence-electron chi connectivity index (χ2n) is 5.12. The van der Waals surface area contributed by atoms with E-state index in [2.05, 4.69) is 10.6 Å². The average Bonchev–Trinajstić information content (AvgIpc) is 2.54. The zero-order chi connectivity index (χ0) is 17.5. The molecule has 4 N–H and O–H groups in total. The first-order valence-electron chi connectivity index (χ1n) is 7.29. The molecule has 3 amide bonds. The van der Waals surface area contributed by atoms with E-state index in [1.807, 2.05) is 37.3 Å². The zero-order valence-electron chi connectivity index (χ0n) is 13.1. The van der Waals surface area contributed by atoms with Gasteiger partial charge in [-0.3, -0.25) is 4.79 Å². The molecule has 24 heavy (non-hydrogen) atoms. The van der Waals surface area contributed by atoms with E-state index < -0.39 is 6.03 Å². The Balaban J connectivity index is 1.87. The summed E-state index contributed by atoms with van der Waals surface area (Å²) >= 11 is 7.46. The quantitative estimate of drug-likeness (QED) is 0.682. The zero-order valence-corrected chi connectivity index (χ0v) is 14.7. The number of amides is 3. The lowest BCUT2D eigenvalue weighted by atomic mass is 10.1. The van der Waals surface area contributed by atoms with Gasteiger partial charge < -0.3 is 16.4 Å². The fourth-order valence-corrected chi connectivity index (χ4v) is 3.12. The Morgan fingerprint density at radius 2 is 1.83 bits per heavy atom. The van der Waals surface area contributed by atoms with Crippen molar-refractivity contribution in [1.82, 2.24) is 5.32 Å². The van der Waals surface area contributed by atoms with Crippen LogP contribution in [-0.4, -0.2) is 17.7 Å². The molecule has 0 aromatic heterocycles. The predicted octanol–water partition coefficient (Wildman–Crippen LogP) is 3.80. The Morgan fingerprint density at radius 3 is 2.46 bits per heavy atom. The molecule has 0 aliphatic carbocycles. The van der Waals surface area contributed by atoms with E-state index in [9.17, 15) is 9.59 Å². The van der Waals surface area contributed by atoms with Crippen LogP contribution in [0, 0.1) is 0 Å². The Kier molecular flexibility index (Phi) is 6.52. The standard InChI is InChI=1S/C17H18ClN3O2S/c1-11(12-6-8-13(9-7-12)21-17(19)23)20-16(22)10-24-15-5-3-2-4-14(15)18/h2-9,11H,10H2,1H3,(H,20,22)(H3,19,21,23)/t11-/m1/s1. The molecule has 0 aliphatic rings. The molecule has 0 unspecified atom stereocenters. The number of thioether (sulfide) groups is 1. The van der Waals surface area contributed by atoms with Gasteiger partial charge in [0, 0.05) is 10.6 Å². The summed E-state index contributed by atoms with van der Waals surface area (Å²) in [5.74, 6) is 0.210. The molecule has 0 fully saturated rings. The molecule has 0 heterocycles. The van der Waals surface area contributed by atoms with Crippen LogP contribution in [0.4, 0.5) is 10.5 Å². The van der Waals surface area contributed by atoms with Crippen molar-refractivity contribution in [2.24, 2.45) is 5.73 Å². The van der Waals surface area contributed by atoms with E-state index in [1.54, 1.807) is 18.2 Å². The summed E-state index contributed by atoms with van der Waals surface area (Å²) in [6, 6.07) is 13.8. The number of nitrogens with one attached hydrogen (secondary N) is 2. The average molecular weight is 364 g/mol. The van der Waals surface area contributed by atoms with Gasteiger partial charge in [0.15, 0.2) is 0 Å². The van der Waals surface area contributed by atoms with Crippen LogP contribution in [0.3, 0.4) is 0 Å². The lowest BCUT2D eigenvalue weighted by Crippen LogP contribution is -2.28. The maximum Gasteiger partial charge on any atom is 0.316 e. The highest BCUT2D eigenvalue weighted by molar-refractivity contribution is 8.00. The molecule has 1 atom stereocenters. The normalized spacial score (nSPS) is 11.6.